The van der Waals surface area contributed by atoms with Crippen molar-refractivity contribution in [2.75, 3.05) is 13.1 Å². The average molecular weight is 196 g/mol. The minimum atomic E-state index is -0.162. The minimum absolute atomic E-state index is 0.162. The summed E-state index contributed by atoms with van der Waals surface area (Å²) in [6.07, 6.45) is 4.71. The molecule has 4 heteroatoms. The fourth-order valence-corrected chi connectivity index (χ4v) is 1.44. The molecule has 4 nitrogen and oxygen atoms in total. The largest absolute Gasteiger partial charge is 0.368 e. The van der Waals surface area contributed by atoms with Crippen LogP contribution in [0.3, 0.4) is 0 Å². The summed E-state index contributed by atoms with van der Waals surface area (Å²) in [4.78, 5) is 16.3. The zero-order valence-corrected chi connectivity index (χ0v) is 8.37. The van der Waals surface area contributed by atoms with Gasteiger partial charge in [-0.05, 0) is 25.7 Å². The van der Waals surface area contributed by atoms with Crippen LogP contribution in [0.25, 0.3) is 0 Å². The third-order valence-corrected chi connectivity index (χ3v) is 2.22. The Kier molecular flexibility index (Phi) is 5.02. The van der Waals surface area contributed by atoms with E-state index in [-0.39, 0.29) is 5.97 Å². The van der Waals surface area contributed by atoms with Crippen LogP contribution in [0, 0.1) is 11.3 Å². The van der Waals surface area contributed by atoms with E-state index in [0.29, 0.717) is 12.8 Å². The second-order valence-corrected chi connectivity index (χ2v) is 3.46. The molecule has 0 saturated carbocycles. The van der Waals surface area contributed by atoms with Crippen molar-refractivity contribution in [1.29, 1.82) is 5.26 Å². The highest BCUT2D eigenvalue weighted by Crippen LogP contribution is 2.09. The summed E-state index contributed by atoms with van der Waals surface area (Å²) >= 11 is 0. The standard InChI is InChI=1S/C10H16N2O2/c11-7-3-1-2-6-10(13)14-12-8-4-5-9-12/h1-6,8-9H2. The van der Waals surface area contributed by atoms with E-state index in [0.717, 1.165) is 38.8 Å². The number of hydroxylamine groups is 2. The van der Waals surface area contributed by atoms with E-state index in [4.69, 9.17) is 10.1 Å². The van der Waals surface area contributed by atoms with Gasteiger partial charge in [0.05, 0.1) is 6.07 Å². The Morgan fingerprint density at radius 1 is 1.36 bits per heavy atom. The van der Waals surface area contributed by atoms with E-state index < -0.39 is 0 Å². The number of hydrogen-bond acceptors (Lipinski definition) is 4. The van der Waals surface area contributed by atoms with Crippen LogP contribution in [0.4, 0.5) is 0 Å². The lowest BCUT2D eigenvalue weighted by molar-refractivity contribution is -0.185. The van der Waals surface area contributed by atoms with Crippen LogP contribution in [0.1, 0.15) is 38.5 Å². The maximum Gasteiger partial charge on any atom is 0.325 e. The van der Waals surface area contributed by atoms with Crippen molar-refractivity contribution in [2.45, 2.75) is 38.5 Å². The Bertz CT molecular complexity index is 217. The predicted octanol–water partition coefficient (Wildman–Crippen LogP) is 1.62. The van der Waals surface area contributed by atoms with Crippen molar-refractivity contribution in [3.05, 3.63) is 0 Å². The zero-order chi connectivity index (χ0) is 10.2. The van der Waals surface area contributed by atoms with Gasteiger partial charge in [0.2, 0.25) is 0 Å². The molecule has 1 saturated heterocycles. The number of nitriles is 1. The summed E-state index contributed by atoms with van der Waals surface area (Å²) in [5.41, 5.74) is 0. The van der Waals surface area contributed by atoms with Gasteiger partial charge in [0.15, 0.2) is 0 Å². The Morgan fingerprint density at radius 2 is 2.07 bits per heavy atom. The van der Waals surface area contributed by atoms with Gasteiger partial charge in [-0.2, -0.15) is 5.26 Å². The van der Waals surface area contributed by atoms with E-state index in [2.05, 4.69) is 6.07 Å². The number of nitrogens with zero attached hydrogens (tertiary/aromatic N) is 2. The van der Waals surface area contributed by atoms with E-state index in [1.165, 1.54) is 0 Å². The van der Waals surface area contributed by atoms with Gasteiger partial charge >= 0.3 is 5.97 Å². The molecule has 14 heavy (non-hydrogen) atoms. The topological polar surface area (TPSA) is 53.3 Å². The maximum atomic E-state index is 11.2. The highest BCUT2D eigenvalue weighted by Gasteiger charge is 2.15. The van der Waals surface area contributed by atoms with Crippen LogP contribution >= 0.6 is 0 Å². The Balaban J connectivity index is 2.01. The predicted molar refractivity (Wildman–Crippen MR) is 51.0 cm³/mol. The molecule has 1 aliphatic rings. The number of unbranched alkanes of at least 4 members (excludes halogenated alkanes) is 2. The summed E-state index contributed by atoms with van der Waals surface area (Å²) in [6, 6.07) is 2.05. The summed E-state index contributed by atoms with van der Waals surface area (Å²) in [6.45, 7) is 1.73. The molecule has 0 N–H and O–H groups in total. The number of rotatable bonds is 5. The van der Waals surface area contributed by atoms with E-state index in [1.807, 2.05) is 0 Å². The SMILES string of the molecule is N#CCCCCC(=O)ON1CCCC1. The first-order valence-electron chi connectivity index (χ1n) is 5.15. The van der Waals surface area contributed by atoms with Crippen molar-refractivity contribution in [2.24, 2.45) is 0 Å². The molecule has 0 radical (unpaired) electrons. The monoisotopic (exact) mass is 196 g/mol. The molecule has 0 spiro atoms. The molecule has 1 fully saturated rings. The normalized spacial score (nSPS) is 16.5. The molecule has 0 amide bonds. The van der Waals surface area contributed by atoms with Gasteiger partial charge in [-0.15, -0.1) is 5.06 Å². The lowest BCUT2D eigenvalue weighted by Gasteiger charge is -2.13. The van der Waals surface area contributed by atoms with Gasteiger partial charge in [0, 0.05) is 25.9 Å². The number of hydrogen-bond donors (Lipinski definition) is 0. The van der Waals surface area contributed by atoms with Crippen LogP contribution < -0.4 is 0 Å². The lowest BCUT2D eigenvalue weighted by atomic mass is 10.2. The fourth-order valence-electron chi connectivity index (χ4n) is 1.44. The van der Waals surface area contributed by atoms with Crippen molar-refractivity contribution in [3.63, 3.8) is 0 Å². The number of carbonyl (C=O) groups is 1. The van der Waals surface area contributed by atoms with Crippen molar-refractivity contribution in [1.82, 2.24) is 5.06 Å². The quantitative estimate of drug-likeness (QED) is 0.627. The molecule has 0 aromatic rings. The first-order valence-corrected chi connectivity index (χ1v) is 5.15. The lowest BCUT2D eigenvalue weighted by Crippen LogP contribution is -2.23. The van der Waals surface area contributed by atoms with Gasteiger partial charge in [-0.3, -0.25) is 4.79 Å². The summed E-state index contributed by atoms with van der Waals surface area (Å²) in [5, 5.41) is 10.0. The smallest absolute Gasteiger partial charge is 0.325 e. The molecule has 0 aromatic heterocycles. The average Bonchev–Trinajstić information content (AvgIpc) is 2.65. The van der Waals surface area contributed by atoms with Crippen molar-refractivity contribution >= 4 is 5.97 Å². The molecule has 0 aliphatic carbocycles. The maximum absolute atomic E-state index is 11.2. The van der Waals surface area contributed by atoms with Gasteiger partial charge < -0.3 is 4.84 Å². The van der Waals surface area contributed by atoms with E-state index in [9.17, 15) is 4.79 Å². The molecular formula is C10H16N2O2. The zero-order valence-electron chi connectivity index (χ0n) is 8.37. The van der Waals surface area contributed by atoms with Gasteiger partial charge in [-0.1, -0.05) is 0 Å². The summed E-state index contributed by atoms with van der Waals surface area (Å²) in [7, 11) is 0. The van der Waals surface area contributed by atoms with Gasteiger partial charge in [0.25, 0.3) is 0 Å². The van der Waals surface area contributed by atoms with Crippen LogP contribution in [0.15, 0.2) is 0 Å². The molecule has 78 valence electrons. The second-order valence-electron chi connectivity index (χ2n) is 3.46. The minimum Gasteiger partial charge on any atom is -0.368 e. The molecular weight excluding hydrogens is 180 g/mol. The van der Waals surface area contributed by atoms with E-state index >= 15 is 0 Å². The summed E-state index contributed by atoms with van der Waals surface area (Å²) < 4.78 is 0. The third kappa shape index (κ3) is 4.24. The summed E-state index contributed by atoms with van der Waals surface area (Å²) in [5.74, 6) is -0.162. The van der Waals surface area contributed by atoms with Gasteiger partial charge in [0.1, 0.15) is 0 Å². The van der Waals surface area contributed by atoms with E-state index in [1.54, 1.807) is 5.06 Å². The first kappa shape index (κ1) is 11.0. The first-order chi connectivity index (χ1) is 6.83. The van der Waals surface area contributed by atoms with Crippen LogP contribution in [-0.2, 0) is 9.63 Å². The molecule has 0 aromatic carbocycles. The third-order valence-electron chi connectivity index (χ3n) is 2.22. The molecule has 1 rings (SSSR count). The Labute approximate surface area is 84.4 Å². The van der Waals surface area contributed by atoms with Crippen molar-refractivity contribution < 1.29 is 9.63 Å². The molecule has 0 unspecified atom stereocenters. The second kappa shape index (κ2) is 6.39. The van der Waals surface area contributed by atoms with Gasteiger partial charge in [-0.25, -0.2) is 0 Å². The van der Waals surface area contributed by atoms with Crippen LogP contribution in [0.5, 0.6) is 0 Å². The van der Waals surface area contributed by atoms with Crippen molar-refractivity contribution in [3.8, 4) is 6.07 Å². The highest BCUT2D eigenvalue weighted by molar-refractivity contribution is 5.68. The molecule has 1 aliphatic heterocycles. The fraction of sp³-hybridized carbons (Fsp3) is 0.800. The molecule has 0 bridgehead atoms. The Morgan fingerprint density at radius 3 is 2.71 bits per heavy atom. The van der Waals surface area contributed by atoms with Crippen LogP contribution in [-0.4, -0.2) is 24.1 Å². The van der Waals surface area contributed by atoms with Crippen LogP contribution in [0.2, 0.25) is 0 Å². The Hall–Kier alpha value is -1.08. The molecule has 1 heterocycles. The number of carbonyl (C=O) groups excluding carboxylic acids is 1. The highest BCUT2D eigenvalue weighted by atomic mass is 16.7. The molecule has 0 atom stereocenters.